The van der Waals surface area contributed by atoms with Crippen LogP contribution in [0.3, 0.4) is 0 Å². The van der Waals surface area contributed by atoms with Gasteiger partial charge in [0.25, 0.3) is 0 Å². The zero-order valence-electron chi connectivity index (χ0n) is 31.8. The third-order valence-electron chi connectivity index (χ3n) is 7.56. The van der Waals surface area contributed by atoms with Crippen LogP contribution in [0.1, 0.15) is 11.1 Å². The number of hydrogen-bond acceptors (Lipinski definition) is 13. The van der Waals surface area contributed by atoms with Gasteiger partial charge in [-0.2, -0.15) is 20.5 Å². The number of nitrogens with one attached hydrogen (secondary N) is 2. The molecule has 0 amide bonds. The van der Waals surface area contributed by atoms with Crippen molar-refractivity contribution in [1.29, 1.82) is 0 Å². The molecular formula is C38H43Cl2N13O2. The smallest absolute Gasteiger partial charge is 0.246 e. The molecule has 4 aromatic carbocycles. The summed E-state index contributed by atoms with van der Waals surface area (Å²) in [5.41, 5.74) is 13.4. The first-order chi connectivity index (χ1) is 26.4. The molecule has 0 atom stereocenters. The number of aryl methyl sites for hydroxylation is 2. The van der Waals surface area contributed by atoms with Crippen molar-refractivity contribution in [3.05, 3.63) is 113 Å². The van der Waals surface area contributed by atoms with Gasteiger partial charge in [-0.1, -0.05) is 23.2 Å². The highest BCUT2D eigenvalue weighted by atomic mass is 35.5. The maximum Gasteiger partial charge on any atom is 0.246 e. The second-order valence-electron chi connectivity index (χ2n) is 12.0. The van der Waals surface area contributed by atoms with E-state index in [-0.39, 0.29) is 0 Å². The molecule has 0 aliphatic heterocycles. The molecule has 0 aliphatic rings. The van der Waals surface area contributed by atoms with Crippen LogP contribution in [0.2, 0.25) is 10.0 Å². The topological polar surface area (TPSA) is 182 Å². The Labute approximate surface area is 330 Å². The molecule has 0 radical (unpaired) electrons. The van der Waals surface area contributed by atoms with Crippen LogP contribution >= 0.6 is 23.2 Å². The Balaban J connectivity index is 0.000000221. The normalized spacial score (nSPS) is 10.9. The van der Waals surface area contributed by atoms with E-state index in [0.29, 0.717) is 61.6 Å². The monoisotopic (exact) mass is 783 g/mol. The van der Waals surface area contributed by atoms with Gasteiger partial charge in [0, 0.05) is 65.1 Å². The number of nitrogens with two attached hydrogens (primary N) is 1. The number of benzene rings is 4. The molecule has 4 N–H and O–H groups in total. The molecule has 17 heteroatoms. The number of ether oxygens (including phenoxy) is 2. The number of imidazole rings is 2. The summed E-state index contributed by atoms with van der Waals surface area (Å²) in [6.07, 6.45) is 8.37. The zero-order chi connectivity index (χ0) is 39.9. The molecule has 2 aromatic heterocycles. The van der Waals surface area contributed by atoms with Gasteiger partial charge < -0.3 is 35.0 Å². The van der Waals surface area contributed by atoms with Crippen LogP contribution in [0.5, 0.6) is 11.5 Å². The summed E-state index contributed by atoms with van der Waals surface area (Å²) >= 11 is 12.5. The maximum absolute atomic E-state index is 6.29. The Morgan fingerprint density at radius 3 is 1.62 bits per heavy atom. The minimum absolute atomic E-state index is 0.418. The predicted molar refractivity (Wildman–Crippen MR) is 221 cm³/mol. The summed E-state index contributed by atoms with van der Waals surface area (Å²) < 4.78 is 10.6. The molecule has 286 valence electrons. The van der Waals surface area contributed by atoms with E-state index in [1.54, 1.807) is 69.6 Å². The lowest BCUT2D eigenvalue weighted by molar-refractivity contribution is 0.416. The lowest BCUT2D eigenvalue weighted by Crippen LogP contribution is -2.08. The molecule has 0 aliphatic carbocycles. The van der Waals surface area contributed by atoms with E-state index in [9.17, 15) is 0 Å². The van der Waals surface area contributed by atoms with E-state index in [1.165, 1.54) is 0 Å². The minimum atomic E-state index is 0.418. The van der Waals surface area contributed by atoms with E-state index in [2.05, 4.69) is 50.6 Å². The number of nitrogen functional groups attached to an aromatic ring is 1. The first-order valence-corrected chi connectivity index (χ1v) is 17.4. The largest absolute Gasteiger partial charge is 0.495 e. The second kappa shape index (κ2) is 20.2. The predicted octanol–water partition coefficient (Wildman–Crippen LogP) is 11.4. The standard InChI is InChI=1S/C19H20ClN7O.C16H19ClN4O.C3H4N2/c1-12-9-16(25-26-19-21-7-8-22-19)18(28-4)11-15(12)24-23-13-5-6-17(27(2)3)14(20)10-13;1-10-7-13(18)16(22-4)9-14(10)20-19-11-5-6-15(21(2)3)12(17)8-11;1-2-5-3-4-1/h5-11H,1-4H3,(H,21,22);5-9H,18H2,1-4H3;1-3H,(H,4,5). The van der Waals surface area contributed by atoms with E-state index in [0.717, 1.165) is 22.5 Å². The number of H-pyrrole nitrogens is 2. The fraction of sp³-hybridized carbons (Fsp3) is 0.211. The molecule has 0 saturated carbocycles. The average molecular weight is 785 g/mol. The molecule has 0 spiro atoms. The van der Waals surface area contributed by atoms with Crippen LogP contribution in [-0.2, 0) is 0 Å². The number of rotatable bonds is 10. The number of hydrogen-bond donors (Lipinski definition) is 3. The summed E-state index contributed by atoms with van der Waals surface area (Å²) in [7, 11) is 10.9. The number of azo groups is 3. The van der Waals surface area contributed by atoms with Crippen LogP contribution in [0.15, 0.2) is 122 Å². The summed E-state index contributed by atoms with van der Waals surface area (Å²) in [6.45, 7) is 3.84. The summed E-state index contributed by atoms with van der Waals surface area (Å²) in [4.78, 5) is 17.2. The van der Waals surface area contributed by atoms with Gasteiger partial charge in [0.1, 0.15) is 17.2 Å². The van der Waals surface area contributed by atoms with Crippen molar-refractivity contribution in [2.45, 2.75) is 13.8 Å². The highest BCUT2D eigenvalue weighted by Gasteiger charge is 2.10. The fourth-order valence-corrected chi connectivity index (χ4v) is 5.38. The lowest BCUT2D eigenvalue weighted by Gasteiger charge is -2.14. The Kier molecular flexibility index (Phi) is 15.2. The number of methoxy groups -OCH3 is 2. The summed E-state index contributed by atoms with van der Waals surface area (Å²) in [5, 5.41) is 26.6. The fourth-order valence-electron chi connectivity index (χ4n) is 4.69. The van der Waals surface area contributed by atoms with Crippen LogP contribution in [0.4, 0.5) is 51.4 Å². The molecule has 0 unspecified atom stereocenters. The van der Waals surface area contributed by atoms with Gasteiger partial charge in [-0.25, -0.2) is 9.97 Å². The van der Waals surface area contributed by atoms with Gasteiger partial charge in [-0.3, -0.25) is 0 Å². The second-order valence-corrected chi connectivity index (χ2v) is 12.8. The van der Waals surface area contributed by atoms with Crippen molar-refractivity contribution >= 4 is 74.6 Å². The van der Waals surface area contributed by atoms with E-state index in [1.807, 2.05) is 88.2 Å². The molecule has 0 fully saturated rings. The SMILES string of the molecule is COc1cc(N=Nc2ccc(N(C)C)c(Cl)c2)c(C)cc1N.COc1cc(N=Nc2ccc(N(C)C)c(Cl)c2)c(C)cc1N=Nc1ncc[nH]1.c1c[nH]cn1. The van der Waals surface area contributed by atoms with Crippen molar-refractivity contribution in [3.63, 3.8) is 0 Å². The lowest BCUT2D eigenvalue weighted by atomic mass is 10.1. The third-order valence-corrected chi connectivity index (χ3v) is 8.17. The van der Waals surface area contributed by atoms with Crippen LogP contribution in [0.25, 0.3) is 0 Å². The molecule has 55 heavy (non-hydrogen) atoms. The van der Waals surface area contributed by atoms with Gasteiger partial charge in [0.2, 0.25) is 5.95 Å². The van der Waals surface area contributed by atoms with Crippen LogP contribution in [-0.4, -0.2) is 62.3 Å². The highest BCUT2D eigenvalue weighted by molar-refractivity contribution is 6.33. The van der Waals surface area contributed by atoms with Crippen molar-refractivity contribution in [2.24, 2.45) is 30.7 Å². The van der Waals surface area contributed by atoms with Gasteiger partial charge in [0.05, 0.1) is 70.4 Å². The van der Waals surface area contributed by atoms with Gasteiger partial charge in [-0.05, 0) is 73.5 Å². The van der Waals surface area contributed by atoms with Crippen molar-refractivity contribution in [1.82, 2.24) is 19.9 Å². The van der Waals surface area contributed by atoms with Crippen molar-refractivity contribution < 1.29 is 9.47 Å². The van der Waals surface area contributed by atoms with Gasteiger partial charge >= 0.3 is 0 Å². The third kappa shape index (κ3) is 12.1. The molecule has 6 rings (SSSR count). The number of anilines is 3. The number of nitrogens with zero attached hydrogens (tertiary/aromatic N) is 10. The highest BCUT2D eigenvalue weighted by Crippen LogP contribution is 2.37. The molecule has 6 aromatic rings. The maximum atomic E-state index is 6.29. The molecular weight excluding hydrogens is 741 g/mol. The van der Waals surface area contributed by atoms with Gasteiger partial charge in [0.15, 0.2) is 0 Å². The zero-order valence-corrected chi connectivity index (χ0v) is 33.3. The van der Waals surface area contributed by atoms with Crippen molar-refractivity contribution in [3.8, 4) is 11.5 Å². The van der Waals surface area contributed by atoms with Crippen LogP contribution in [0, 0.1) is 13.8 Å². The Morgan fingerprint density at radius 1 is 0.636 bits per heavy atom. The van der Waals surface area contributed by atoms with Crippen molar-refractivity contribution in [2.75, 3.05) is 57.9 Å². The quantitative estimate of drug-likeness (QED) is 0.0912. The summed E-state index contributed by atoms with van der Waals surface area (Å²) in [6, 6.07) is 18.3. The molecule has 2 heterocycles. The Bertz CT molecular complexity index is 2200. The van der Waals surface area contributed by atoms with E-state index >= 15 is 0 Å². The van der Waals surface area contributed by atoms with Gasteiger partial charge in [-0.15, -0.1) is 10.2 Å². The average Bonchev–Trinajstić information content (AvgIpc) is 3.92. The number of aromatic nitrogens is 4. The number of aromatic amines is 2. The van der Waals surface area contributed by atoms with Crippen LogP contribution < -0.4 is 25.0 Å². The Hall–Kier alpha value is -6.32. The molecule has 15 nitrogen and oxygen atoms in total. The Morgan fingerprint density at radius 2 is 1.18 bits per heavy atom. The number of halogens is 2. The van der Waals surface area contributed by atoms with E-state index < -0.39 is 0 Å². The first kappa shape index (κ1) is 41.4. The summed E-state index contributed by atoms with van der Waals surface area (Å²) in [5.74, 6) is 1.54. The molecule has 0 bridgehead atoms. The van der Waals surface area contributed by atoms with E-state index in [4.69, 9.17) is 38.4 Å². The molecule has 0 saturated heterocycles. The minimum Gasteiger partial charge on any atom is -0.495 e. The first-order valence-electron chi connectivity index (χ1n) is 16.6.